The number of anilines is 1. The van der Waals surface area contributed by atoms with Crippen molar-refractivity contribution < 1.29 is 14.3 Å². The molecule has 4 aromatic rings. The van der Waals surface area contributed by atoms with Crippen LogP contribution in [0.15, 0.2) is 59.5 Å². The molecule has 0 unspecified atom stereocenters. The zero-order valence-electron chi connectivity index (χ0n) is 16.1. The van der Waals surface area contributed by atoms with Gasteiger partial charge in [0.15, 0.2) is 12.3 Å². The van der Waals surface area contributed by atoms with Gasteiger partial charge in [-0.25, -0.2) is 9.67 Å². The van der Waals surface area contributed by atoms with Crippen molar-refractivity contribution in [1.29, 1.82) is 0 Å². The number of nitrogens with one attached hydrogen (secondary N) is 3. The lowest BCUT2D eigenvalue weighted by atomic mass is 10.1. The average molecular weight is 416 g/mol. The maximum absolute atomic E-state index is 12.7. The molecule has 0 saturated heterocycles. The van der Waals surface area contributed by atoms with Gasteiger partial charge in [0.2, 0.25) is 5.82 Å². The fourth-order valence-electron chi connectivity index (χ4n) is 3.29. The number of hydrogen-bond acceptors (Lipinski definition) is 6. The van der Waals surface area contributed by atoms with E-state index in [2.05, 4.69) is 25.7 Å². The summed E-state index contributed by atoms with van der Waals surface area (Å²) in [5, 5.41) is 9.95. The SMILES string of the molecule is O=C1COc2ccc(CNC(=O)c3nc4c(cnn4-c4ccccc4)c(=O)[nH]3)cc2N1. The molecule has 154 valence electrons. The molecule has 0 saturated carbocycles. The minimum absolute atomic E-state index is 0.0237. The molecule has 2 aromatic heterocycles. The van der Waals surface area contributed by atoms with Gasteiger partial charge in [0.1, 0.15) is 11.1 Å². The molecular formula is C21H16N6O4. The molecule has 3 N–H and O–H groups in total. The minimum Gasteiger partial charge on any atom is -0.482 e. The van der Waals surface area contributed by atoms with E-state index >= 15 is 0 Å². The predicted octanol–water partition coefficient (Wildman–Crippen LogP) is 1.37. The van der Waals surface area contributed by atoms with Crippen LogP contribution in [0.1, 0.15) is 16.2 Å². The highest BCUT2D eigenvalue weighted by atomic mass is 16.5. The van der Waals surface area contributed by atoms with Crippen LogP contribution < -0.4 is 20.9 Å². The topological polar surface area (TPSA) is 131 Å². The van der Waals surface area contributed by atoms with Crippen LogP contribution in [-0.4, -0.2) is 38.2 Å². The highest BCUT2D eigenvalue weighted by Crippen LogP contribution is 2.28. The average Bonchev–Trinajstić information content (AvgIpc) is 3.22. The molecule has 1 aliphatic heterocycles. The first-order chi connectivity index (χ1) is 15.1. The van der Waals surface area contributed by atoms with Crippen LogP contribution in [0.4, 0.5) is 5.69 Å². The second-order valence-corrected chi connectivity index (χ2v) is 6.89. The van der Waals surface area contributed by atoms with Crippen LogP contribution in [0.3, 0.4) is 0 Å². The van der Waals surface area contributed by atoms with Crippen molar-refractivity contribution in [2.75, 3.05) is 11.9 Å². The molecule has 5 rings (SSSR count). The molecule has 31 heavy (non-hydrogen) atoms. The van der Waals surface area contributed by atoms with Gasteiger partial charge < -0.3 is 20.4 Å². The number of benzene rings is 2. The number of amides is 2. The van der Waals surface area contributed by atoms with Gasteiger partial charge in [-0.15, -0.1) is 0 Å². The zero-order valence-corrected chi connectivity index (χ0v) is 16.1. The molecule has 1 aliphatic rings. The van der Waals surface area contributed by atoms with Crippen LogP contribution in [0.25, 0.3) is 16.7 Å². The van der Waals surface area contributed by atoms with Crippen LogP contribution >= 0.6 is 0 Å². The van der Waals surface area contributed by atoms with E-state index in [-0.39, 0.29) is 35.9 Å². The standard InChI is InChI=1S/C21H16N6O4/c28-17-11-31-16-7-6-12(8-15(16)24-17)9-22-21(30)18-25-19-14(20(29)26-18)10-23-27(19)13-4-2-1-3-5-13/h1-8,10H,9,11H2,(H,22,30)(H,24,28)(H,25,26,29). The highest BCUT2D eigenvalue weighted by molar-refractivity contribution is 5.95. The van der Waals surface area contributed by atoms with E-state index in [0.29, 0.717) is 11.4 Å². The Kier molecular flexibility index (Phi) is 4.43. The monoisotopic (exact) mass is 416 g/mol. The van der Waals surface area contributed by atoms with E-state index in [4.69, 9.17) is 4.74 Å². The van der Waals surface area contributed by atoms with E-state index in [0.717, 1.165) is 11.3 Å². The number of aromatic nitrogens is 4. The Morgan fingerprint density at radius 2 is 2.00 bits per heavy atom. The molecule has 0 fully saturated rings. The van der Waals surface area contributed by atoms with E-state index in [1.165, 1.54) is 10.9 Å². The molecule has 10 heteroatoms. The molecular weight excluding hydrogens is 400 g/mol. The molecule has 2 amide bonds. The smallest absolute Gasteiger partial charge is 0.287 e. The molecule has 0 radical (unpaired) electrons. The summed E-state index contributed by atoms with van der Waals surface area (Å²) in [5.74, 6) is -0.332. The quantitative estimate of drug-likeness (QED) is 0.461. The van der Waals surface area contributed by atoms with Crippen molar-refractivity contribution in [3.63, 3.8) is 0 Å². The number of para-hydroxylation sites is 1. The van der Waals surface area contributed by atoms with Gasteiger partial charge in [-0.3, -0.25) is 14.4 Å². The summed E-state index contributed by atoms with van der Waals surface area (Å²) in [6.07, 6.45) is 1.42. The molecule has 2 aromatic carbocycles. The summed E-state index contributed by atoms with van der Waals surface area (Å²) in [5.41, 5.74) is 1.85. The molecule has 0 aliphatic carbocycles. The molecule has 0 atom stereocenters. The fraction of sp³-hybridized carbons (Fsp3) is 0.0952. The van der Waals surface area contributed by atoms with Gasteiger partial charge in [-0.05, 0) is 29.8 Å². The van der Waals surface area contributed by atoms with Crippen molar-refractivity contribution >= 4 is 28.5 Å². The van der Waals surface area contributed by atoms with Gasteiger partial charge in [0.05, 0.1) is 17.6 Å². The van der Waals surface area contributed by atoms with E-state index in [1.807, 2.05) is 30.3 Å². The van der Waals surface area contributed by atoms with Crippen molar-refractivity contribution in [2.45, 2.75) is 6.54 Å². The third kappa shape index (κ3) is 3.50. The Morgan fingerprint density at radius 3 is 2.84 bits per heavy atom. The summed E-state index contributed by atoms with van der Waals surface area (Å²) in [6, 6.07) is 14.4. The lowest BCUT2D eigenvalue weighted by molar-refractivity contribution is -0.118. The Labute approximate surface area is 174 Å². The second kappa shape index (κ2) is 7.41. The summed E-state index contributed by atoms with van der Waals surface area (Å²) in [7, 11) is 0. The number of carbonyl (C=O) groups is 2. The van der Waals surface area contributed by atoms with Gasteiger partial charge in [-0.1, -0.05) is 24.3 Å². The normalized spacial score (nSPS) is 12.7. The van der Waals surface area contributed by atoms with Crippen molar-refractivity contribution in [3.05, 3.63) is 76.5 Å². The third-order valence-electron chi connectivity index (χ3n) is 4.78. The van der Waals surface area contributed by atoms with E-state index in [1.54, 1.807) is 18.2 Å². The number of hydrogen-bond donors (Lipinski definition) is 3. The summed E-state index contributed by atoms with van der Waals surface area (Å²) in [6.45, 7) is 0.145. The summed E-state index contributed by atoms with van der Waals surface area (Å²) in [4.78, 5) is 43.4. The first-order valence-corrected chi connectivity index (χ1v) is 9.46. The number of carbonyl (C=O) groups excluding carboxylic acids is 2. The Balaban J connectivity index is 1.39. The first-order valence-electron chi connectivity index (χ1n) is 9.46. The number of aromatic amines is 1. The van der Waals surface area contributed by atoms with Crippen LogP contribution in [-0.2, 0) is 11.3 Å². The first kappa shape index (κ1) is 18.6. The van der Waals surface area contributed by atoms with Gasteiger partial charge in [0.25, 0.3) is 17.4 Å². The van der Waals surface area contributed by atoms with Gasteiger partial charge >= 0.3 is 0 Å². The van der Waals surface area contributed by atoms with Crippen LogP contribution in [0.5, 0.6) is 5.75 Å². The largest absolute Gasteiger partial charge is 0.482 e. The summed E-state index contributed by atoms with van der Waals surface area (Å²) >= 11 is 0. The number of nitrogens with zero attached hydrogens (tertiary/aromatic N) is 3. The van der Waals surface area contributed by atoms with Crippen molar-refractivity contribution in [3.8, 4) is 11.4 Å². The van der Waals surface area contributed by atoms with Gasteiger partial charge in [-0.2, -0.15) is 5.10 Å². The minimum atomic E-state index is -0.544. The van der Waals surface area contributed by atoms with Gasteiger partial charge in [0, 0.05) is 6.54 Å². The van der Waals surface area contributed by atoms with Crippen molar-refractivity contribution in [2.24, 2.45) is 0 Å². The number of fused-ring (bicyclic) bond motifs is 2. The Hall–Kier alpha value is -4.47. The molecule has 3 heterocycles. The summed E-state index contributed by atoms with van der Waals surface area (Å²) < 4.78 is 6.83. The second-order valence-electron chi connectivity index (χ2n) is 6.89. The maximum atomic E-state index is 12.7. The van der Waals surface area contributed by atoms with Crippen molar-refractivity contribution in [1.82, 2.24) is 25.1 Å². The number of rotatable bonds is 4. The highest BCUT2D eigenvalue weighted by Gasteiger charge is 2.18. The van der Waals surface area contributed by atoms with Crippen LogP contribution in [0.2, 0.25) is 0 Å². The molecule has 10 nitrogen and oxygen atoms in total. The molecule has 0 bridgehead atoms. The number of H-pyrrole nitrogens is 1. The van der Waals surface area contributed by atoms with E-state index < -0.39 is 11.5 Å². The molecule has 0 spiro atoms. The third-order valence-corrected chi connectivity index (χ3v) is 4.78. The maximum Gasteiger partial charge on any atom is 0.287 e. The van der Waals surface area contributed by atoms with E-state index in [9.17, 15) is 14.4 Å². The van der Waals surface area contributed by atoms with Crippen LogP contribution in [0, 0.1) is 0 Å². The fourth-order valence-corrected chi connectivity index (χ4v) is 3.29. The lowest BCUT2D eigenvalue weighted by Gasteiger charge is -2.18. The lowest BCUT2D eigenvalue weighted by Crippen LogP contribution is -2.28. The number of ether oxygens (including phenoxy) is 1. The Morgan fingerprint density at radius 1 is 1.16 bits per heavy atom. The zero-order chi connectivity index (χ0) is 21.4. The Bertz CT molecular complexity index is 1380. The predicted molar refractivity (Wildman–Crippen MR) is 111 cm³/mol.